The fourth-order valence-corrected chi connectivity index (χ4v) is 3.14. The second-order valence-electron chi connectivity index (χ2n) is 4.86. The first kappa shape index (κ1) is 9.83. The normalized spacial score (nSPS) is 24.1. The Hall–Kier alpha value is -1.37. The van der Waals surface area contributed by atoms with Crippen LogP contribution >= 0.6 is 0 Å². The fourth-order valence-electron chi connectivity index (χ4n) is 3.14. The number of hydrogen-bond donors (Lipinski definition) is 0. The summed E-state index contributed by atoms with van der Waals surface area (Å²) < 4.78 is 0. The first-order valence-corrected chi connectivity index (χ1v) is 6.12. The maximum absolute atomic E-state index is 12.4. The second-order valence-corrected chi connectivity index (χ2v) is 4.86. The highest BCUT2D eigenvalue weighted by Gasteiger charge is 2.33. The average Bonchev–Trinajstić information content (AvgIpc) is 2.36. The Kier molecular flexibility index (Phi) is 2.20. The van der Waals surface area contributed by atoms with Crippen molar-refractivity contribution in [1.82, 2.24) is 0 Å². The molecule has 2 aliphatic rings. The van der Waals surface area contributed by atoms with Gasteiger partial charge in [-0.25, -0.2) is 0 Å². The van der Waals surface area contributed by atoms with Gasteiger partial charge in [0.1, 0.15) is 0 Å². The summed E-state index contributed by atoms with van der Waals surface area (Å²) in [4.78, 5) is 12.4. The molecular weight excluding hydrogens is 196 g/mol. The fraction of sp³-hybridized carbons (Fsp3) is 0.400. The van der Waals surface area contributed by atoms with Crippen molar-refractivity contribution in [2.75, 3.05) is 0 Å². The summed E-state index contributed by atoms with van der Waals surface area (Å²) in [6.07, 6.45) is 4.63. The van der Waals surface area contributed by atoms with Crippen LogP contribution in [0.4, 0.5) is 0 Å². The molecule has 82 valence electrons. The molecule has 0 aliphatic heterocycles. The monoisotopic (exact) mass is 212 g/mol. The van der Waals surface area contributed by atoms with Gasteiger partial charge in [-0.2, -0.15) is 0 Å². The van der Waals surface area contributed by atoms with Crippen LogP contribution in [-0.2, 0) is 0 Å². The van der Waals surface area contributed by atoms with Crippen LogP contribution in [0.2, 0.25) is 0 Å². The molecule has 1 aromatic rings. The number of hydrogen-bond acceptors (Lipinski definition) is 1. The Morgan fingerprint density at radius 1 is 1.12 bits per heavy atom. The molecule has 0 spiro atoms. The van der Waals surface area contributed by atoms with Crippen molar-refractivity contribution in [3.63, 3.8) is 0 Å². The molecule has 1 aromatic carbocycles. The molecule has 1 nitrogen and oxygen atoms in total. The predicted molar refractivity (Wildman–Crippen MR) is 65.3 cm³/mol. The summed E-state index contributed by atoms with van der Waals surface area (Å²) in [5.41, 5.74) is 4.88. The summed E-state index contributed by atoms with van der Waals surface area (Å²) in [5, 5.41) is 0. The largest absolute Gasteiger partial charge is 0.293 e. The van der Waals surface area contributed by atoms with Gasteiger partial charge < -0.3 is 0 Å². The zero-order valence-electron chi connectivity index (χ0n) is 9.62. The van der Waals surface area contributed by atoms with E-state index < -0.39 is 0 Å². The van der Waals surface area contributed by atoms with Gasteiger partial charge in [0, 0.05) is 11.5 Å². The van der Waals surface area contributed by atoms with Gasteiger partial charge in [0.15, 0.2) is 5.78 Å². The Morgan fingerprint density at radius 3 is 2.69 bits per heavy atom. The van der Waals surface area contributed by atoms with E-state index in [1.54, 1.807) is 0 Å². The molecule has 0 aromatic heterocycles. The van der Waals surface area contributed by atoms with Crippen LogP contribution in [0.3, 0.4) is 0 Å². The lowest BCUT2D eigenvalue weighted by Gasteiger charge is -2.31. The summed E-state index contributed by atoms with van der Waals surface area (Å²) in [5.74, 6) is 0.555. The Balaban J connectivity index is 2.21. The summed E-state index contributed by atoms with van der Waals surface area (Å²) in [6, 6.07) is 8.06. The average molecular weight is 212 g/mol. The standard InChI is InChI=1S/C15H16O/c1-10-11-6-2-4-8-13(11)15(16)14-9-5-3-7-12(10)14/h2,4,6,8,14H,3,5,7,9H2,1H3. The number of Topliss-reactive ketones (excluding diaryl/α,β-unsaturated/α-hetero) is 1. The third-order valence-corrected chi connectivity index (χ3v) is 4.00. The zero-order valence-corrected chi connectivity index (χ0v) is 9.62. The van der Waals surface area contributed by atoms with Crippen molar-refractivity contribution in [1.29, 1.82) is 0 Å². The van der Waals surface area contributed by atoms with E-state index in [4.69, 9.17) is 0 Å². The number of carbonyl (C=O) groups is 1. The smallest absolute Gasteiger partial charge is 0.170 e. The maximum Gasteiger partial charge on any atom is 0.170 e. The minimum absolute atomic E-state index is 0.198. The molecule has 16 heavy (non-hydrogen) atoms. The van der Waals surface area contributed by atoms with Crippen molar-refractivity contribution in [3.8, 4) is 0 Å². The molecule has 1 heteroatoms. The van der Waals surface area contributed by atoms with E-state index in [-0.39, 0.29) is 5.92 Å². The predicted octanol–water partition coefficient (Wildman–Crippen LogP) is 3.85. The van der Waals surface area contributed by atoms with Gasteiger partial charge in [-0.15, -0.1) is 0 Å². The second kappa shape index (κ2) is 3.58. The topological polar surface area (TPSA) is 17.1 Å². The van der Waals surface area contributed by atoms with E-state index in [2.05, 4.69) is 13.0 Å². The molecule has 0 amide bonds. The lowest BCUT2D eigenvalue weighted by atomic mass is 9.72. The van der Waals surface area contributed by atoms with Crippen LogP contribution in [0.15, 0.2) is 29.8 Å². The van der Waals surface area contributed by atoms with Crippen LogP contribution in [-0.4, -0.2) is 5.78 Å². The van der Waals surface area contributed by atoms with E-state index in [1.165, 1.54) is 29.6 Å². The third kappa shape index (κ3) is 1.27. The SMILES string of the molecule is CC1=C2CCCCC2C(=O)c2ccccc21. The summed E-state index contributed by atoms with van der Waals surface area (Å²) >= 11 is 0. The lowest BCUT2D eigenvalue weighted by Crippen LogP contribution is -2.26. The van der Waals surface area contributed by atoms with Crippen molar-refractivity contribution < 1.29 is 4.79 Å². The first-order chi connectivity index (χ1) is 7.79. The van der Waals surface area contributed by atoms with Crippen LogP contribution in [0, 0.1) is 5.92 Å². The van der Waals surface area contributed by atoms with Gasteiger partial charge in [0.05, 0.1) is 0 Å². The molecular formula is C15H16O. The van der Waals surface area contributed by atoms with Gasteiger partial charge in [0.2, 0.25) is 0 Å². The highest BCUT2D eigenvalue weighted by atomic mass is 16.1. The molecule has 0 saturated heterocycles. The molecule has 0 N–H and O–H groups in total. The van der Waals surface area contributed by atoms with Gasteiger partial charge in [-0.05, 0) is 37.3 Å². The molecule has 1 fully saturated rings. The molecule has 1 atom stereocenters. The lowest BCUT2D eigenvalue weighted by molar-refractivity contribution is 0.0921. The number of ketones is 1. The van der Waals surface area contributed by atoms with E-state index >= 15 is 0 Å². The Bertz CT molecular complexity index is 482. The van der Waals surface area contributed by atoms with Gasteiger partial charge in [-0.1, -0.05) is 36.3 Å². The summed E-state index contributed by atoms with van der Waals surface area (Å²) in [7, 11) is 0. The third-order valence-electron chi connectivity index (χ3n) is 4.00. The van der Waals surface area contributed by atoms with Crippen LogP contribution in [0.1, 0.15) is 48.5 Å². The van der Waals surface area contributed by atoms with Crippen LogP contribution in [0.5, 0.6) is 0 Å². The molecule has 0 heterocycles. The molecule has 1 saturated carbocycles. The number of rotatable bonds is 0. The van der Waals surface area contributed by atoms with Crippen molar-refractivity contribution >= 4 is 11.4 Å². The number of allylic oxidation sites excluding steroid dienone is 2. The molecule has 0 radical (unpaired) electrons. The number of benzene rings is 1. The zero-order chi connectivity index (χ0) is 11.1. The Morgan fingerprint density at radius 2 is 1.88 bits per heavy atom. The Labute approximate surface area is 96.2 Å². The number of carbonyl (C=O) groups excluding carboxylic acids is 1. The van der Waals surface area contributed by atoms with Crippen molar-refractivity contribution in [3.05, 3.63) is 41.0 Å². The maximum atomic E-state index is 12.4. The number of fused-ring (bicyclic) bond motifs is 2. The van der Waals surface area contributed by atoms with Crippen LogP contribution in [0.25, 0.3) is 5.57 Å². The van der Waals surface area contributed by atoms with Gasteiger partial charge >= 0.3 is 0 Å². The van der Waals surface area contributed by atoms with Gasteiger partial charge in [0.25, 0.3) is 0 Å². The first-order valence-electron chi connectivity index (χ1n) is 6.12. The van der Waals surface area contributed by atoms with E-state index in [0.717, 1.165) is 18.4 Å². The summed E-state index contributed by atoms with van der Waals surface area (Å²) in [6.45, 7) is 2.18. The minimum atomic E-state index is 0.198. The van der Waals surface area contributed by atoms with Crippen molar-refractivity contribution in [2.45, 2.75) is 32.6 Å². The highest BCUT2D eigenvalue weighted by Crippen LogP contribution is 2.41. The van der Waals surface area contributed by atoms with Crippen molar-refractivity contribution in [2.24, 2.45) is 5.92 Å². The highest BCUT2D eigenvalue weighted by molar-refractivity contribution is 6.07. The molecule has 1 unspecified atom stereocenters. The van der Waals surface area contributed by atoms with E-state index in [1.807, 2.05) is 18.2 Å². The van der Waals surface area contributed by atoms with Gasteiger partial charge in [-0.3, -0.25) is 4.79 Å². The van der Waals surface area contributed by atoms with E-state index in [0.29, 0.717) is 5.78 Å². The van der Waals surface area contributed by atoms with E-state index in [9.17, 15) is 4.79 Å². The molecule has 0 bridgehead atoms. The molecule has 3 rings (SSSR count). The minimum Gasteiger partial charge on any atom is -0.293 e. The quantitative estimate of drug-likeness (QED) is 0.638. The molecule has 2 aliphatic carbocycles. The van der Waals surface area contributed by atoms with Crippen LogP contribution < -0.4 is 0 Å².